The molecule has 1 aliphatic carbocycles. The molecule has 2 N–H and O–H groups in total. The van der Waals surface area contributed by atoms with Crippen LogP contribution < -0.4 is 10.6 Å². The third kappa shape index (κ3) is 4.08. The van der Waals surface area contributed by atoms with Crippen molar-refractivity contribution in [2.24, 2.45) is 5.92 Å². The van der Waals surface area contributed by atoms with E-state index in [1.54, 1.807) is 6.20 Å². The first-order valence-corrected chi connectivity index (χ1v) is 10.2. The molecule has 7 nitrogen and oxygen atoms in total. The quantitative estimate of drug-likeness (QED) is 0.852. The van der Waals surface area contributed by atoms with Gasteiger partial charge in [0.15, 0.2) is 0 Å². The minimum absolute atomic E-state index is 0.0169. The number of carbonyl (C=O) groups is 2. The molecule has 0 unspecified atom stereocenters. The van der Waals surface area contributed by atoms with Crippen LogP contribution in [0.4, 0.5) is 5.82 Å². The number of pyridine rings is 1. The number of rotatable bonds is 4. The first-order chi connectivity index (χ1) is 13.6. The summed E-state index contributed by atoms with van der Waals surface area (Å²) in [5, 5.41) is 10.4. The van der Waals surface area contributed by atoms with Crippen molar-refractivity contribution >= 4 is 17.6 Å². The molecule has 0 spiro atoms. The van der Waals surface area contributed by atoms with Crippen LogP contribution in [0.5, 0.6) is 0 Å². The van der Waals surface area contributed by atoms with Gasteiger partial charge >= 0.3 is 0 Å². The Bertz CT molecular complexity index is 875. The molecule has 28 heavy (non-hydrogen) atoms. The summed E-state index contributed by atoms with van der Waals surface area (Å²) in [4.78, 5) is 28.4. The van der Waals surface area contributed by atoms with Crippen molar-refractivity contribution in [3.8, 4) is 11.1 Å². The number of carbonyl (C=O) groups excluding carboxylic acids is 2. The molecule has 148 valence electrons. The van der Waals surface area contributed by atoms with Gasteiger partial charge in [0.25, 0.3) is 0 Å². The topological polar surface area (TPSA) is 88.9 Å². The maximum Gasteiger partial charge on any atom is 0.228 e. The molecular formula is C21H27N5O2. The van der Waals surface area contributed by atoms with Crippen LogP contribution >= 0.6 is 0 Å². The fraction of sp³-hybridized carbons (Fsp3) is 0.524. The Balaban J connectivity index is 1.45. The van der Waals surface area contributed by atoms with Gasteiger partial charge in [-0.1, -0.05) is 6.42 Å². The molecule has 1 aliphatic heterocycles. The lowest BCUT2D eigenvalue weighted by molar-refractivity contribution is -0.123. The largest absolute Gasteiger partial charge is 0.354 e. The number of aryl methyl sites for hydroxylation is 1. The summed E-state index contributed by atoms with van der Waals surface area (Å²) in [6, 6.07) is 3.98. The molecule has 0 bridgehead atoms. The van der Waals surface area contributed by atoms with Crippen molar-refractivity contribution in [1.29, 1.82) is 0 Å². The van der Waals surface area contributed by atoms with Gasteiger partial charge in [0.1, 0.15) is 5.82 Å². The van der Waals surface area contributed by atoms with Gasteiger partial charge in [-0.05, 0) is 56.2 Å². The van der Waals surface area contributed by atoms with Crippen LogP contribution in [0.15, 0.2) is 24.5 Å². The molecule has 3 heterocycles. The minimum Gasteiger partial charge on any atom is -0.354 e. The summed E-state index contributed by atoms with van der Waals surface area (Å²) < 4.78 is 2.09. The average molecular weight is 381 g/mol. The zero-order valence-electron chi connectivity index (χ0n) is 16.3. The number of nitrogens with zero attached hydrogens (tertiary/aromatic N) is 3. The third-order valence-corrected chi connectivity index (χ3v) is 5.76. The highest BCUT2D eigenvalue weighted by Crippen LogP contribution is 2.29. The maximum atomic E-state index is 12.7. The van der Waals surface area contributed by atoms with E-state index in [0.717, 1.165) is 43.4 Å². The van der Waals surface area contributed by atoms with E-state index in [4.69, 9.17) is 0 Å². The monoisotopic (exact) mass is 381 g/mol. The Morgan fingerprint density at radius 1 is 1.21 bits per heavy atom. The highest BCUT2D eigenvalue weighted by Gasteiger charge is 2.28. The number of aromatic nitrogens is 3. The number of amides is 2. The molecule has 2 atom stereocenters. The Hall–Kier alpha value is -2.70. The van der Waals surface area contributed by atoms with Crippen LogP contribution in [-0.4, -0.2) is 32.6 Å². The van der Waals surface area contributed by atoms with E-state index in [0.29, 0.717) is 12.2 Å². The number of nitrogens with one attached hydrogen (secondary N) is 2. The number of hydrogen-bond acceptors (Lipinski definition) is 4. The Kier molecular flexibility index (Phi) is 5.41. The molecule has 2 aromatic rings. The van der Waals surface area contributed by atoms with Crippen molar-refractivity contribution in [2.75, 3.05) is 5.32 Å². The van der Waals surface area contributed by atoms with E-state index < -0.39 is 0 Å². The summed E-state index contributed by atoms with van der Waals surface area (Å²) in [6.07, 6.45) is 10.5. The van der Waals surface area contributed by atoms with Gasteiger partial charge < -0.3 is 10.6 Å². The van der Waals surface area contributed by atoms with E-state index in [9.17, 15) is 9.59 Å². The van der Waals surface area contributed by atoms with E-state index in [-0.39, 0.29) is 23.8 Å². The number of hydrogen-bond donors (Lipinski definition) is 2. The second kappa shape index (κ2) is 8.12. The molecule has 0 radical (unpaired) electrons. The number of fused-ring (bicyclic) bond motifs is 1. The van der Waals surface area contributed by atoms with Crippen molar-refractivity contribution in [2.45, 2.75) is 64.5 Å². The van der Waals surface area contributed by atoms with Gasteiger partial charge in [-0.15, -0.1) is 0 Å². The third-order valence-electron chi connectivity index (χ3n) is 5.76. The van der Waals surface area contributed by atoms with Gasteiger partial charge in [0.05, 0.1) is 6.20 Å². The summed E-state index contributed by atoms with van der Waals surface area (Å²) in [6.45, 7) is 2.50. The smallest absolute Gasteiger partial charge is 0.228 e. The van der Waals surface area contributed by atoms with Gasteiger partial charge in [0, 0.05) is 42.9 Å². The molecule has 0 saturated heterocycles. The van der Waals surface area contributed by atoms with Crippen LogP contribution in [0.3, 0.4) is 0 Å². The second-order valence-electron chi connectivity index (χ2n) is 7.87. The highest BCUT2D eigenvalue weighted by molar-refractivity contribution is 5.92. The standard InChI is InChI=1S/C21H27N5O2/c1-14(27)24-17-6-4-5-16(11-17)21(28)25-20-12-15(8-9-22-20)18-13-23-26-10-3-2-7-19(18)26/h8-9,12-13,16-17H,2-7,10-11H2,1H3,(H,24,27)(H,22,25,28)/t16-,17-/m1/s1. The summed E-state index contributed by atoms with van der Waals surface area (Å²) in [5.41, 5.74) is 3.43. The molecule has 7 heteroatoms. The molecule has 1 saturated carbocycles. The molecule has 2 aromatic heterocycles. The molecule has 1 fully saturated rings. The Morgan fingerprint density at radius 2 is 2.11 bits per heavy atom. The van der Waals surface area contributed by atoms with Crippen LogP contribution in [-0.2, 0) is 22.6 Å². The van der Waals surface area contributed by atoms with E-state index in [2.05, 4.69) is 25.4 Å². The lowest BCUT2D eigenvalue weighted by Crippen LogP contribution is -2.40. The van der Waals surface area contributed by atoms with Crippen molar-refractivity contribution in [1.82, 2.24) is 20.1 Å². The van der Waals surface area contributed by atoms with E-state index >= 15 is 0 Å². The van der Waals surface area contributed by atoms with Crippen LogP contribution in [0.25, 0.3) is 11.1 Å². The van der Waals surface area contributed by atoms with E-state index in [1.165, 1.54) is 25.5 Å². The summed E-state index contributed by atoms with van der Waals surface area (Å²) in [7, 11) is 0. The van der Waals surface area contributed by atoms with Crippen LogP contribution in [0, 0.1) is 5.92 Å². The maximum absolute atomic E-state index is 12.7. The predicted octanol–water partition coefficient (Wildman–Crippen LogP) is 2.91. The molecular weight excluding hydrogens is 354 g/mol. The average Bonchev–Trinajstić information content (AvgIpc) is 3.12. The van der Waals surface area contributed by atoms with Crippen molar-refractivity contribution in [3.05, 3.63) is 30.2 Å². The minimum atomic E-state index is -0.0973. The second-order valence-corrected chi connectivity index (χ2v) is 7.87. The Morgan fingerprint density at radius 3 is 2.96 bits per heavy atom. The van der Waals surface area contributed by atoms with Crippen molar-refractivity contribution < 1.29 is 9.59 Å². The molecule has 2 amide bonds. The molecule has 0 aromatic carbocycles. The summed E-state index contributed by atoms with van der Waals surface area (Å²) >= 11 is 0. The zero-order chi connectivity index (χ0) is 19.5. The lowest BCUT2D eigenvalue weighted by Gasteiger charge is -2.28. The van der Waals surface area contributed by atoms with Gasteiger partial charge in [-0.25, -0.2) is 4.98 Å². The van der Waals surface area contributed by atoms with Gasteiger partial charge in [-0.2, -0.15) is 5.10 Å². The van der Waals surface area contributed by atoms with Crippen LogP contribution in [0.1, 0.15) is 51.1 Å². The van der Waals surface area contributed by atoms with Crippen molar-refractivity contribution in [3.63, 3.8) is 0 Å². The first kappa shape index (κ1) is 18.7. The first-order valence-electron chi connectivity index (χ1n) is 10.2. The Labute approximate surface area is 164 Å². The fourth-order valence-corrected chi connectivity index (χ4v) is 4.40. The normalized spacial score (nSPS) is 21.6. The van der Waals surface area contributed by atoms with Gasteiger partial charge in [-0.3, -0.25) is 14.3 Å². The van der Waals surface area contributed by atoms with Gasteiger partial charge in [0.2, 0.25) is 11.8 Å². The zero-order valence-corrected chi connectivity index (χ0v) is 16.3. The lowest BCUT2D eigenvalue weighted by atomic mass is 9.85. The van der Waals surface area contributed by atoms with Crippen LogP contribution in [0.2, 0.25) is 0 Å². The SMILES string of the molecule is CC(=O)N[C@@H]1CCC[C@@H](C(=O)Nc2cc(-c3cnn4c3CCCC4)ccn2)C1. The predicted molar refractivity (Wildman–Crippen MR) is 107 cm³/mol. The fourth-order valence-electron chi connectivity index (χ4n) is 4.40. The van der Waals surface area contributed by atoms with E-state index in [1.807, 2.05) is 18.3 Å². The molecule has 4 rings (SSSR count). The number of anilines is 1. The summed E-state index contributed by atoms with van der Waals surface area (Å²) in [5.74, 6) is 0.418. The molecule has 2 aliphatic rings. The highest BCUT2D eigenvalue weighted by atomic mass is 16.2.